The van der Waals surface area contributed by atoms with Gasteiger partial charge < -0.3 is 4.74 Å². The summed E-state index contributed by atoms with van der Waals surface area (Å²) in [6.45, 7) is 1.87. The molecule has 6 heteroatoms. The summed E-state index contributed by atoms with van der Waals surface area (Å²) in [5.74, 6) is 0.585. The molecule has 0 radical (unpaired) electrons. The molecule has 0 atom stereocenters. The van der Waals surface area contributed by atoms with Crippen LogP contribution in [0.25, 0.3) is 22.3 Å². The van der Waals surface area contributed by atoms with Crippen LogP contribution < -0.4 is 10.3 Å². The molecule has 25 heavy (non-hydrogen) atoms. The molecule has 0 aliphatic carbocycles. The average Bonchev–Trinajstić information content (AvgIpc) is 3.11. The van der Waals surface area contributed by atoms with Crippen LogP contribution in [0.4, 0.5) is 0 Å². The first-order valence-corrected chi connectivity index (χ1v) is 7.87. The van der Waals surface area contributed by atoms with Gasteiger partial charge >= 0.3 is 0 Å². The van der Waals surface area contributed by atoms with Gasteiger partial charge in [-0.25, -0.2) is 4.68 Å². The van der Waals surface area contributed by atoms with E-state index in [9.17, 15) is 4.79 Å². The Morgan fingerprint density at radius 2 is 1.68 bits per heavy atom. The molecule has 4 aromatic rings. The lowest BCUT2D eigenvalue weighted by Gasteiger charge is -2.11. The molecule has 0 aliphatic heterocycles. The van der Waals surface area contributed by atoms with E-state index in [4.69, 9.17) is 4.74 Å². The molecule has 2 heterocycles. The zero-order valence-corrected chi connectivity index (χ0v) is 13.9. The van der Waals surface area contributed by atoms with Crippen molar-refractivity contribution in [2.75, 3.05) is 7.11 Å². The third-order valence-electron chi connectivity index (χ3n) is 4.12. The molecule has 0 unspecified atom stereocenters. The quantitative estimate of drug-likeness (QED) is 0.579. The van der Waals surface area contributed by atoms with Gasteiger partial charge in [-0.15, -0.1) is 0 Å². The second kappa shape index (κ2) is 5.90. The number of hydrogen-bond donors (Lipinski definition) is 0. The summed E-state index contributed by atoms with van der Waals surface area (Å²) in [5, 5.41) is 9.59. The van der Waals surface area contributed by atoms with Crippen LogP contribution in [0.5, 0.6) is 5.75 Å². The molecule has 0 fully saturated rings. The molecule has 2 aromatic carbocycles. The second-order valence-corrected chi connectivity index (χ2v) is 5.63. The summed E-state index contributed by atoms with van der Waals surface area (Å²) in [6.07, 6.45) is 1.68. The molecule has 0 saturated carbocycles. The Labute approximate surface area is 143 Å². The Morgan fingerprint density at radius 1 is 0.960 bits per heavy atom. The molecule has 124 valence electrons. The van der Waals surface area contributed by atoms with Gasteiger partial charge in [0.25, 0.3) is 5.56 Å². The summed E-state index contributed by atoms with van der Waals surface area (Å²) in [4.78, 5) is 13.2. The first kappa shape index (κ1) is 15.1. The number of para-hydroxylation sites is 3. The van der Waals surface area contributed by atoms with E-state index in [2.05, 4.69) is 10.2 Å². The number of fused-ring (bicyclic) bond motifs is 1. The number of aryl methyl sites for hydroxylation is 1. The molecule has 2 aromatic heterocycles. The summed E-state index contributed by atoms with van der Waals surface area (Å²) in [7, 11) is 1.57. The van der Waals surface area contributed by atoms with Crippen LogP contribution in [-0.2, 0) is 0 Å². The fraction of sp³-hybridized carbons (Fsp3) is 0.105. The van der Waals surface area contributed by atoms with Crippen LogP contribution in [0.15, 0.2) is 65.6 Å². The van der Waals surface area contributed by atoms with Gasteiger partial charge in [-0.1, -0.05) is 30.3 Å². The van der Waals surface area contributed by atoms with E-state index < -0.39 is 0 Å². The summed E-state index contributed by atoms with van der Waals surface area (Å²) >= 11 is 0. The lowest BCUT2D eigenvalue weighted by atomic mass is 10.2. The second-order valence-electron chi connectivity index (χ2n) is 5.63. The monoisotopic (exact) mass is 332 g/mol. The van der Waals surface area contributed by atoms with Gasteiger partial charge in [-0.2, -0.15) is 14.9 Å². The van der Waals surface area contributed by atoms with Gasteiger partial charge in [0, 0.05) is 5.39 Å². The molecular weight excluding hydrogens is 316 g/mol. The molecule has 0 N–H and O–H groups in total. The highest BCUT2D eigenvalue weighted by Gasteiger charge is 2.17. The lowest BCUT2D eigenvalue weighted by molar-refractivity contribution is 0.411. The van der Waals surface area contributed by atoms with Crippen LogP contribution in [0, 0.1) is 6.92 Å². The number of aromatic nitrogens is 4. The molecule has 6 nitrogen and oxygen atoms in total. The van der Waals surface area contributed by atoms with Crippen LogP contribution in [0.1, 0.15) is 5.69 Å². The molecular formula is C19H16N4O2. The van der Waals surface area contributed by atoms with E-state index >= 15 is 0 Å². The van der Waals surface area contributed by atoms with Gasteiger partial charge in [-0.3, -0.25) is 4.79 Å². The van der Waals surface area contributed by atoms with Crippen molar-refractivity contribution in [1.29, 1.82) is 0 Å². The Bertz CT molecular complexity index is 1110. The number of rotatable bonds is 3. The Hall–Kier alpha value is -3.41. The fourth-order valence-corrected chi connectivity index (χ4v) is 2.90. The topological polar surface area (TPSA) is 61.9 Å². The largest absolute Gasteiger partial charge is 0.494 e. The number of ether oxygens (including phenoxy) is 1. The molecule has 0 spiro atoms. The van der Waals surface area contributed by atoms with Crippen LogP contribution in [0.2, 0.25) is 0 Å². The Kier molecular flexibility index (Phi) is 3.57. The number of benzene rings is 2. The maximum absolute atomic E-state index is 13.2. The third kappa shape index (κ3) is 2.39. The van der Waals surface area contributed by atoms with Crippen molar-refractivity contribution in [2.45, 2.75) is 6.92 Å². The van der Waals surface area contributed by atoms with Crippen molar-refractivity contribution in [3.63, 3.8) is 0 Å². The maximum atomic E-state index is 13.2. The van der Waals surface area contributed by atoms with Gasteiger partial charge in [0.15, 0.2) is 0 Å². The minimum Gasteiger partial charge on any atom is -0.494 e. The highest BCUT2D eigenvalue weighted by Crippen LogP contribution is 2.22. The Balaban J connectivity index is 2.06. The van der Waals surface area contributed by atoms with E-state index in [0.717, 1.165) is 16.8 Å². The summed E-state index contributed by atoms with van der Waals surface area (Å²) in [6, 6.07) is 16.9. The molecule has 0 aliphatic rings. The van der Waals surface area contributed by atoms with E-state index in [0.29, 0.717) is 17.0 Å². The number of nitrogens with zero attached hydrogens (tertiary/aromatic N) is 4. The lowest BCUT2D eigenvalue weighted by Crippen LogP contribution is -2.24. The minimum absolute atomic E-state index is 0.244. The SMILES string of the molecule is COc1ccccc1-n1nc(C)c2cnn(-c3ccccc3)c2c1=O. The van der Waals surface area contributed by atoms with Crippen LogP contribution >= 0.6 is 0 Å². The third-order valence-corrected chi connectivity index (χ3v) is 4.12. The normalized spacial score (nSPS) is 11.0. The molecule has 0 amide bonds. The van der Waals surface area contributed by atoms with Crippen LogP contribution in [-0.4, -0.2) is 26.7 Å². The predicted octanol–water partition coefficient (Wildman–Crippen LogP) is 2.89. The zero-order valence-electron chi connectivity index (χ0n) is 13.9. The smallest absolute Gasteiger partial charge is 0.298 e. The van der Waals surface area contributed by atoms with Gasteiger partial charge in [0.05, 0.1) is 24.7 Å². The summed E-state index contributed by atoms with van der Waals surface area (Å²) < 4.78 is 8.40. The van der Waals surface area contributed by atoms with Gasteiger partial charge in [0.2, 0.25) is 0 Å². The first-order chi connectivity index (χ1) is 12.2. The first-order valence-electron chi connectivity index (χ1n) is 7.87. The van der Waals surface area contributed by atoms with E-state index in [1.807, 2.05) is 55.5 Å². The van der Waals surface area contributed by atoms with Crippen molar-refractivity contribution in [3.05, 3.63) is 76.8 Å². The van der Waals surface area contributed by atoms with Crippen LogP contribution in [0.3, 0.4) is 0 Å². The van der Waals surface area contributed by atoms with Crippen molar-refractivity contribution >= 4 is 10.9 Å². The number of hydrogen-bond acceptors (Lipinski definition) is 4. The fourth-order valence-electron chi connectivity index (χ4n) is 2.90. The zero-order chi connectivity index (χ0) is 17.4. The van der Waals surface area contributed by atoms with Gasteiger partial charge in [0.1, 0.15) is 17.0 Å². The molecule has 0 bridgehead atoms. The molecule has 4 rings (SSSR count). The summed E-state index contributed by atoms with van der Waals surface area (Å²) in [5.41, 5.74) is 2.39. The van der Waals surface area contributed by atoms with E-state index in [-0.39, 0.29) is 5.56 Å². The highest BCUT2D eigenvalue weighted by atomic mass is 16.5. The van der Waals surface area contributed by atoms with Crippen molar-refractivity contribution in [3.8, 4) is 17.1 Å². The van der Waals surface area contributed by atoms with Crippen molar-refractivity contribution < 1.29 is 4.74 Å². The van der Waals surface area contributed by atoms with Crippen molar-refractivity contribution in [2.24, 2.45) is 0 Å². The van der Waals surface area contributed by atoms with Gasteiger partial charge in [-0.05, 0) is 31.2 Å². The molecule has 0 saturated heterocycles. The predicted molar refractivity (Wildman–Crippen MR) is 95.8 cm³/mol. The van der Waals surface area contributed by atoms with Crippen molar-refractivity contribution in [1.82, 2.24) is 19.6 Å². The van der Waals surface area contributed by atoms with E-state index in [1.165, 1.54) is 4.68 Å². The maximum Gasteiger partial charge on any atom is 0.298 e. The number of methoxy groups -OCH3 is 1. The average molecular weight is 332 g/mol. The Morgan fingerprint density at radius 3 is 2.44 bits per heavy atom. The highest BCUT2D eigenvalue weighted by molar-refractivity contribution is 5.81. The van der Waals surface area contributed by atoms with E-state index in [1.54, 1.807) is 24.1 Å². The standard InChI is InChI=1S/C19H16N4O2/c1-13-15-12-20-22(14-8-4-3-5-9-14)18(15)19(24)23(21-13)16-10-6-7-11-17(16)25-2/h3-12H,1-2H3. The minimum atomic E-state index is -0.244.